The average molecular weight is 369 g/mol. The summed E-state index contributed by atoms with van der Waals surface area (Å²) in [7, 11) is 0. The predicted octanol–water partition coefficient (Wildman–Crippen LogP) is 4.40. The SMILES string of the molecule is CCOC(=O)CCN(Cc1ccco1)C(=O)/C=C/c1ccc(C(C)C)cc1. The molecule has 0 aliphatic heterocycles. The molecule has 5 heteroatoms. The van der Waals surface area contributed by atoms with Crippen LogP contribution in [0, 0.1) is 0 Å². The molecule has 0 bridgehead atoms. The molecular formula is C22H27NO4. The van der Waals surface area contributed by atoms with Gasteiger partial charge in [0.05, 0.1) is 25.8 Å². The minimum Gasteiger partial charge on any atom is -0.467 e. The second-order valence-corrected chi connectivity index (χ2v) is 6.55. The highest BCUT2D eigenvalue weighted by atomic mass is 16.5. The Morgan fingerprint density at radius 3 is 2.52 bits per heavy atom. The van der Waals surface area contributed by atoms with E-state index in [2.05, 4.69) is 26.0 Å². The molecule has 1 aromatic heterocycles. The van der Waals surface area contributed by atoms with E-state index in [1.165, 1.54) is 11.6 Å². The van der Waals surface area contributed by atoms with Crippen molar-refractivity contribution in [2.24, 2.45) is 0 Å². The van der Waals surface area contributed by atoms with Crippen LogP contribution < -0.4 is 0 Å². The van der Waals surface area contributed by atoms with Gasteiger partial charge in [-0.15, -0.1) is 0 Å². The molecule has 0 saturated heterocycles. The second-order valence-electron chi connectivity index (χ2n) is 6.55. The van der Waals surface area contributed by atoms with Crippen LogP contribution in [0.15, 0.2) is 53.2 Å². The third kappa shape index (κ3) is 6.77. The van der Waals surface area contributed by atoms with Crippen LogP contribution in [0.2, 0.25) is 0 Å². The molecule has 0 saturated carbocycles. The van der Waals surface area contributed by atoms with E-state index >= 15 is 0 Å². The summed E-state index contributed by atoms with van der Waals surface area (Å²) < 4.78 is 10.3. The van der Waals surface area contributed by atoms with Crippen LogP contribution in [-0.2, 0) is 20.9 Å². The number of benzene rings is 1. The topological polar surface area (TPSA) is 59.8 Å². The van der Waals surface area contributed by atoms with Gasteiger partial charge in [0, 0.05) is 12.6 Å². The Labute approximate surface area is 160 Å². The smallest absolute Gasteiger partial charge is 0.307 e. The molecule has 0 aliphatic rings. The van der Waals surface area contributed by atoms with E-state index in [0.717, 1.165) is 5.56 Å². The summed E-state index contributed by atoms with van der Waals surface area (Å²) in [4.78, 5) is 25.8. The van der Waals surface area contributed by atoms with E-state index in [1.54, 1.807) is 36.3 Å². The van der Waals surface area contributed by atoms with E-state index in [1.807, 2.05) is 12.1 Å². The number of hydrogen-bond acceptors (Lipinski definition) is 4. The standard InChI is InChI=1S/C22H27NO4/c1-4-26-22(25)13-14-23(16-20-6-5-15-27-20)21(24)12-9-18-7-10-19(11-8-18)17(2)3/h5-12,15,17H,4,13-14,16H2,1-3H3/b12-9+. The second kappa shape index (κ2) is 10.4. The summed E-state index contributed by atoms with van der Waals surface area (Å²) >= 11 is 0. The quantitative estimate of drug-likeness (QED) is 0.486. The van der Waals surface area contributed by atoms with Crippen LogP contribution >= 0.6 is 0 Å². The maximum atomic E-state index is 12.6. The molecule has 0 radical (unpaired) electrons. The van der Waals surface area contributed by atoms with E-state index in [0.29, 0.717) is 24.8 Å². The first kappa shape index (κ1) is 20.5. The minimum absolute atomic E-state index is 0.150. The Kier molecular flexibility index (Phi) is 7.86. The molecule has 0 spiro atoms. The average Bonchev–Trinajstić information content (AvgIpc) is 3.17. The van der Waals surface area contributed by atoms with Gasteiger partial charge in [-0.05, 0) is 42.2 Å². The van der Waals surface area contributed by atoms with E-state index in [4.69, 9.17) is 9.15 Å². The number of rotatable bonds is 9. The summed E-state index contributed by atoms with van der Waals surface area (Å²) in [6, 6.07) is 11.7. The summed E-state index contributed by atoms with van der Waals surface area (Å²) in [5, 5.41) is 0. The van der Waals surface area contributed by atoms with Crippen molar-refractivity contribution in [3.8, 4) is 0 Å². The number of nitrogens with zero attached hydrogens (tertiary/aromatic N) is 1. The first-order valence-corrected chi connectivity index (χ1v) is 9.24. The fourth-order valence-electron chi connectivity index (χ4n) is 2.58. The zero-order valence-electron chi connectivity index (χ0n) is 16.2. The molecule has 1 aromatic carbocycles. The highest BCUT2D eigenvalue weighted by molar-refractivity contribution is 5.92. The fraction of sp³-hybridized carbons (Fsp3) is 0.364. The van der Waals surface area contributed by atoms with E-state index < -0.39 is 0 Å². The summed E-state index contributed by atoms with van der Waals surface area (Å²) in [5.74, 6) is 0.643. The van der Waals surface area contributed by atoms with Crippen molar-refractivity contribution in [3.05, 3.63) is 65.6 Å². The number of hydrogen-bond donors (Lipinski definition) is 0. The van der Waals surface area contributed by atoms with Gasteiger partial charge in [-0.25, -0.2) is 0 Å². The summed E-state index contributed by atoms with van der Waals surface area (Å²) in [5.41, 5.74) is 2.21. The molecule has 2 aromatic rings. The van der Waals surface area contributed by atoms with Gasteiger partial charge >= 0.3 is 5.97 Å². The Morgan fingerprint density at radius 2 is 1.93 bits per heavy atom. The third-order valence-corrected chi connectivity index (χ3v) is 4.15. The molecule has 0 aliphatic carbocycles. The highest BCUT2D eigenvalue weighted by Crippen LogP contribution is 2.15. The maximum Gasteiger partial charge on any atom is 0.307 e. The van der Waals surface area contributed by atoms with Crippen LogP contribution in [0.25, 0.3) is 6.08 Å². The van der Waals surface area contributed by atoms with Gasteiger partial charge in [0.1, 0.15) is 5.76 Å². The van der Waals surface area contributed by atoms with Crippen LogP contribution in [0.1, 0.15) is 50.0 Å². The molecule has 1 amide bonds. The highest BCUT2D eigenvalue weighted by Gasteiger charge is 2.15. The van der Waals surface area contributed by atoms with Gasteiger partial charge in [0.2, 0.25) is 5.91 Å². The van der Waals surface area contributed by atoms with Gasteiger partial charge in [-0.2, -0.15) is 0 Å². The van der Waals surface area contributed by atoms with Gasteiger partial charge < -0.3 is 14.1 Å². The van der Waals surface area contributed by atoms with Crippen molar-refractivity contribution in [1.29, 1.82) is 0 Å². The number of carbonyl (C=O) groups excluding carboxylic acids is 2. The van der Waals surface area contributed by atoms with Crippen molar-refractivity contribution < 1.29 is 18.7 Å². The number of carbonyl (C=O) groups is 2. The normalized spacial score (nSPS) is 11.1. The van der Waals surface area contributed by atoms with E-state index in [9.17, 15) is 9.59 Å². The van der Waals surface area contributed by atoms with Crippen LogP contribution in [0.5, 0.6) is 0 Å². The zero-order valence-corrected chi connectivity index (χ0v) is 16.2. The van der Waals surface area contributed by atoms with Crippen molar-refractivity contribution in [2.75, 3.05) is 13.2 Å². The lowest BCUT2D eigenvalue weighted by Crippen LogP contribution is -2.31. The molecule has 0 fully saturated rings. The zero-order chi connectivity index (χ0) is 19.6. The molecule has 0 N–H and O–H groups in total. The molecule has 144 valence electrons. The Morgan fingerprint density at radius 1 is 1.19 bits per heavy atom. The van der Waals surface area contributed by atoms with Crippen molar-refractivity contribution in [3.63, 3.8) is 0 Å². The molecule has 2 rings (SSSR count). The molecule has 5 nitrogen and oxygen atoms in total. The molecule has 0 unspecified atom stereocenters. The fourth-order valence-corrected chi connectivity index (χ4v) is 2.58. The number of esters is 1. The Bertz CT molecular complexity index is 745. The van der Waals surface area contributed by atoms with Crippen molar-refractivity contribution in [1.82, 2.24) is 4.90 Å². The first-order chi connectivity index (χ1) is 13.0. The molecule has 27 heavy (non-hydrogen) atoms. The molecule has 1 heterocycles. The minimum atomic E-state index is -0.317. The van der Waals surface area contributed by atoms with Gasteiger partial charge in [0.25, 0.3) is 0 Å². The van der Waals surface area contributed by atoms with E-state index in [-0.39, 0.29) is 24.8 Å². The Hall–Kier alpha value is -2.82. The van der Waals surface area contributed by atoms with Crippen LogP contribution in [0.3, 0.4) is 0 Å². The number of furan rings is 1. The van der Waals surface area contributed by atoms with Gasteiger partial charge in [-0.1, -0.05) is 38.1 Å². The third-order valence-electron chi connectivity index (χ3n) is 4.15. The molecular weight excluding hydrogens is 342 g/mol. The lowest BCUT2D eigenvalue weighted by Gasteiger charge is -2.19. The summed E-state index contributed by atoms with van der Waals surface area (Å²) in [6.45, 7) is 6.96. The van der Waals surface area contributed by atoms with Gasteiger partial charge in [-0.3, -0.25) is 9.59 Å². The monoisotopic (exact) mass is 369 g/mol. The lowest BCUT2D eigenvalue weighted by molar-refractivity contribution is -0.143. The Balaban J connectivity index is 2.03. The summed E-state index contributed by atoms with van der Waals surface area (Å²) in [6.07, 6.45) is 5.02. The largest absolute Gasteiger partial charge is 0.467 e. The number of amides is 1. The lowest BCUT2D eigenvalue weighted by atomic mass is 10.0. The maximum absolute atomic E-state index is 12.6. The van der Waals surface area contributed by atoms with Crippen LogP contribution in [-0.4, -0.2) is 29.9 Å². The van der Waals surface area contributed by atoms with Gasteiger partial charge in [0.15, 0.2) is 0 Å². The van der Waals surface area contributed by atoms with Crippen LogP contribution in [0.4, 0.5) is 0 Å². The molecule has 0 atom stereocenters. The number of ether oxygens (including phenoxy) is 1. The van der Waals surface area contributed by atoms with Crippen molar-refractivity contribution in [2.45, 2.75) is 39.7 Å². The predicted molar refractivity (Wildman–Crippen MR) is 105 cm³/mol. The first-order valence-electron chi connectivity index (χ1n) is 9.24. The van der Waals surface area contributed by atoms with Crippen molar-refractivity contribution >= 4 is 18.0 Å².